The summed E-state index contributed by atoms with van der Waals surface area (Å²) < 4.78 is 0. The highest BCUT2D eigenvalue weighted by molar-refractivity contribution is 6.32. The molecule has 88 valence electrons. The van der Waals surface area contributed by atoms with Crippen molar-refractivity contribution >= 4 is 11.6 Å². The maximum absolute atomic E-state index is 10.3. The summed E-state index contributed by atoms with van der Waals surface area (Å²) in [6, 6.07) is 13.5. The van der Waals surface area contributed by atoms with Crippen LogP contribution in [-0.4, -0.2) is 5.11 Å². The highest BCUT2D eigenvalue weighted by Gasteiger charge is 2.12. The zero-order valence-electron chi connectivity index (χ0n) is 9.94. The quantitative estimate of drug-likeness (QED) is 0.848. The van der Waals surface area contributed by atoms with Crippen molar-refractivity contribution in [2.45, 2.75) is 20.0 Å². The molecule has 2 aromatic carbocycles. The Morgan fingerprint density at radius 3 is 2.00 bits per heavy atom. The molecule has 1 unspecified atom stereocenters. The summed E-state index contributed by atoms with van der Waals surface area (Å²) in [5, 5.41) is 11.1. The molecular formula is C15H15ClO. The van der Waals surface area contributed by atoms with Gasteiger partial charge in [-0.25, -0.2) is 0 Å². The van der Waals surface area contributed by atoms with Gasteiger partial charge in [0, 0.05) is 5.02 Å². The molecule has 2 aromatic rings. The Kier molecular flexibility index (Phi) is 3.51. The Morgan fingerprint density at radius 1 is 0.941 bits per heavy atom. The van der Waals surface area contributed by atoms with Crippen molar-refractivity contribution in [1.82, 2.24) is 0 Å². The minimum absolute atomic E-state index is 0.592. The first-order valence-electron chi connectivity index (χ1n) is 5.59. The van der Waals surface area contributed by atoms with Gasteiger partial charge in [0.25, 0.3) is 0 Å². The molecule has 0 amide bonds. The van der Waals surface area contributed by atoms with Gasteiger partial charge in [-0.1, -0.05) is 54.1 Å². The van der Waals surface area contributed by atoms with E-state index < -0.39 is 6.10 Å². The minimum atomic E-state index is -0.592. The monoisotopic (exact) mass is 246 g/mol. The summed E-state index contributed by atoms with van der Waals surface area (Å²) in [6.45, 7) is 3.91. The summed E-state index contributed by atoms with van der Waals surface area (Å²) in [6.07, 6.45) is -0.592. The topological polar surface area (TPSA) is 20.2 Å². The van der Waals surface area contributed by atoms with E-state index in [0.29, 0.717) is 0 Å². The lowest BCUT2D eigenvalue weighted by Crippen LogP contribution is -2.00. The van der Waals surface area contributed by atoms with Crippen LogP contribution in [0.5, 0.6) is 0 Å². The molecule has 0 heterocycles. The summed E-state index contributed by atoms with van der Waals surface area (Å²) >= 11 is 6.12. The molecule has 0 radical (unpaired) electrons. The molecule has 0 saturated heterocycles. The van der Waals surface area contributed by atoms with E-state index >= 15 is 0 Å². The van der Waals surface area contributed by atoms with Crippen molar-refractivity contribution in [3.8, 4) is 0 Å². The normalized spacial score (nSPS) is 12.5. The number of hydrogen-bond acceptors (Lipinski definition) is 1. The van der Waals surface area contributed by atoms with Crippen molar-refractivity contribution in [2.24, 2.45) is 0 Å². The fourth-order valence-corrected chi connectivity index (χ4v) is 2.07. The molecule has 0 aromatic heterocycles. The SMILES string of the molecule is Cc1cc(C(O)c2ccccc2)cc(C)c1Cl. The summed E-state index contributed by atoms with van der Waals surface area (Å²) in [7, 11) is 0. The molecule has 2 heteroatoms. The number of rotatable bonds is 2. The number of aliphatic hydroxyl groups is 1. The summed E-state index contributed by atoms with van der Waals surface area (Å²) in [5.74, 6) is 0. The summed E-state index contributed by atoms with van der Waals surface area (Å²) in [5.41, 5.74) is 3.78. The van der Waals surface area contributed by atoms with Crippen LogP contribution in [0, 0.1) is 13.8 Å². The van der Waals surface area contributed by atoms with Crippen LogP contribution >= 0.6 is 11.6 Å². The van der Waals surface area contributed by atoms with E-state index in [2.05, 4.69) is 0 Å². The Morgan fingerprint density at radius 2 is 1.47 bits per heavy atom. The van der Waals surface area contributed by atoms with Gasteiger partial charge in [0.2, 0.25) is 0 Å². The maximum Gasteiger partial charge on any atom is 0.104 e. The minimum Gasteiger partial charge on any atom is -0.384 e. The summed E-state index contributed by atoms with van der Waals surface area (Å²) in [4.78, 5) is 0. The predicted molar refractivity (Wildman–Crippen MR) is 71.4 cm³/mol. The Hall–Kier alpha value is -1.31. The molecule has 2 rings (SSSR count). The molecule has 1 nitrogen and oxygen atoms in total. The first-order chi connectivity index (χ1) is 8.09. The van der Waals surface area contributed by atoms with Crippen LogP contribution in [0.4, 0.5) is 0 Å². The first kappa shape index (κ1) is 12.2. The molecule has 0 aliphatic rings. The van der Waals surface area contributed by atoms with Gasteiger partial charge in [-0.15, -0.1) is 0 Å². The third-order valence-electron chi connectivity index (χ3n) is 2.89. The zero-order valence-corrected chi connectivity index (χ0v) is 10.7. The van der Waals surface area contributed by atoms with Crippen LogP contribution in [0.2, 0.25) is 5.02 Å². The van der Waals surface area contributed by atoms with Gasteiger partial charge < -0.3 is 5.11 Å². The van der Waals surface area contributed by atoms with Crippen molar-refractivity contribution in [3.63, 3.8) is 0 Å². The molecule has 0 saturated carbocycles. The van der Waals surface area contributed by atoms with Crippen LogP contribution in [0.1, 0.15) is 28.4 Å². The molecule has 17 heavy (non-hydrogen) atoms. The largest absolute Gasteiger partial charge is 0.384 e. The van der Waals surface area contributed by atoms with E-state index in [9.17, 15) is 5.11 Å². The van der Waals surface area contributed by atoms with E-state index in [1.807, 2.05) is 56.3 Å². The van der Waals surface area contributed by atoms with Crippen LogP contribution in [0.3, 0.4) is 0 Å². The average Bonchev–Trinajstić information content (AvgIpc) is 2.35. The van der Waals surface area contributed by atoms with Gasteiger partial charge in [0.05, 0.1) is 0 Å². The van der Waals surface area contributed by atoms with Crippen LogP contribution in [-0.2, 0) is 0 Å². The highest BCUT2D eigenvalue weighted by atomic mass is 35.5. The number of benzene rings is 2. The second-order valence-electron chi connectivity index (χ2n) is 4.28. The molecule has 1 N–H and O–H groups in total. The van der Waals surface area contributed by atoms with Crippen molar-refractivity contribution in [2.75, 3.05) is 0 Å². The maximum atomic E-state index is 10.3. The van der Waals surface area contributed by atoms with Gasteiger partial charge in [-0.05, 0) is 36.1 Å². The van der Waals surface area contributed by atoms with E-state index in [-0.39, 0.29) is 0 Å². The standard InChI is InChI=1S/C15H15ClO/c1-10-8-13(9-11(2)14(10)16)15(17)12-6-4-3-5-7-12/h3-9,15,17H,1-2H3. The van der Waals surface area contributed by atoms with E-state index in [1.165, 1.54) is 0 Å². The van der Waals surface area contributed by atoms with Gasteiger partial charge in [-0.3, -0.25) is 0 Å². The number of hydrogen-bond donors (Lipinski definition) is 1. The zero-order chi connectivity index (χ0) is 12.4. The second kappa shape index (κ2) is 4.91. The molecule has 0 fully saturated rings. The smallest absolute Gasteiger partial charge is 0.104 e. The van der Waals surface area contributed by atoms with Crippen LogP contribution in [0.15, 0.2) is 42.5 Å². The lowest BCUT2D eigenvalue weighted by Gasteiger charge is -2.14. The van der Waals surface area contributed by atoms with Crippen LogP contribution in [0.25, 0.3) is 0 Å². The molecule has 0 aliphatic carbocycles. The number of aliphatic hydroxyl groups excluding tert-OH is 1. The molecule has 0 aliphatic heterocycles. The van der Waals surface area contributed by atoms with Crippen LogP contribution < -0.4 is 0 Å². The fourth-order valence-electron chi connectivity index (χ4n) is 1.97. The van der Waals surface area contributed by atoms with E-state index in [4.69, 9.17) is 11.6 Å². The first-order valence-corrected chi connectivity index (χ1v) is 5.97. The predicted octanol–water partition coefficient (Wildman–Crippen LogP) is 4.04. The molecule has 0 spiro atoms. The van der Waals surface area contributed by atoms with Gasteiger partial charge in [-0.2, -0.15) is 0 Å². The van der Waals surface area contributed by atoms with E-state index in [0.717, 1.165) is 27.3 Å². The Balaban J connectivity index is 2.41. The Bertz CT molecular complexity index is 497. The number of aryl methyl sites for hydroxylation is 2. The third kappa shape index (κ3) is 2.51. The Labute approximate surface area is 107 Å². The lowest BCUT2D eigenvalue weighted by molar-refractivity contribution is 0.220. The molecule has 1 atom stereocenters. The third-order valence-corrected chi connectivity index (χ3v) is 3.49. The second-order valence-corrected chi connectivity index (χ2v) is 4.66. The highest BCUT2D eigenvalue weighted by Crippen LogP contribution is 2.28. The van der Waals surface area contributed by atoms with Crippen molar-refractivity contribution in [3.05, 3.63) is 69.7 Å². The van der Waals surface area contributed by atoms with Gasteiger partial charge >= 0.3 is 0 Å². The number of halogens is 1. The van der Waals surface area contributed by atoms with E-state index in [1.54, 1.807) is 0 Å². The van der Waals surface area contributed by atoms with Gasteiger partial charge in [0.15, 0.2) is 0 Å². The lowest BCUT2D eigenvalue weighted by atomic mass is 9.98. The molecular weight excluding hydrogens is 232 g/mol. The van der Waals surface area contributed by atoms with Crippen molar-refractivity contribution < 1.29 is 5.11 Å². The fraction of sp³-hybridized carbons (Fsp3) is 0.200. The molecule has 0 bridgehead atoms. The van der Waals surface area contributed by atoms with Gasteiger partial charge in [0.1, 0.15) is 6.10 Å². The van der Waals surface area contributed by atoms with Crippen molar-refractivity contribution in [1.29, 1.82) is 0 Å². The average molecular weight is 247 g/mol.